The number of nitrogens with zero attached hydrogens (tertiary/aromatic N) is 2. The van der Waals surface area contributed by atoms with Crippen molar-refractivity contribution in [1.82, 2.24) is 14.9 Å². The molecule has 5 heteroatoms. The SMILES string of the molecule is CCc1nccn1C(C)C(=O)NCCCOC. The van der Waals surface area contributed by atoms with Crippen molar-refractivity contribution in [2.24, 2.45) is 0 Å². The van der Waals surface area contributed by atoms with Crippen LogP contribution in [0.1, 0.15) is 32.1 Å². The van der Waals surface area contributed by atoms with Gasteiger partial charge >= 0.3 is 0 Å². The van der Waals surface area contributed by atoms with Crippen LogP contribution >= 0.6 is 0 Å². The van der Waals surface area contributed by atoms with Gasteiger partial charge in [-0.15, -0.1) is 0 Å². The van der Waals surface area contributed by atoms with Gasteiger partial charge < -0.3 is 14.6 Å². The molecule has 1 amide bonds. The quantitative estimate of drug-likeness (QED) is 0.726. The number of aryl methyl sites for hydroxylation is 1. The molecular formula is C12H21N3O2. The molecule has 17 heavy (non-hydrogen) atoms. The molecule has 0 spiro atoms. The van der Waals surface area contributed by atoms with Crippen LogP contribution in [-0.2, 0) is 16.0 Å². The van der Waals surface area contributed by atoms with E-state index in [1.54, 1.807) is 13.3 Å². The van der Waals surface area contributed by atoms with Gasteiger partial charge in [-0.2, -0.15) is 0 Å². The number of ether oxygens (including phenoxy) is 1. The molecule has 1 atom stereocenters. The number of nitrogens with one attached hydrogen (secondary N) is 1. The van der Waals surface area contributed by atoms with Crippen LogP contribution in [-0.4, -0.2) is 35.7 Å². The lowest BCUT2D eigenvalue weighted by molar-refractivity contribution is -0.123. The minimum Gasteiger partial charge on any atom is -0.385 e. The van der Waals surface area contributed by atoms with Gasteiger partial charge in [-0.05, 0) is 13.3 Å². The predicted molar refractivity (Wildman–Crippen MR) is 65.8 cm³/mol. The minimum atomic E-state index is -0.213. The molecule has 0 aliphatic rings. The summed E-state index contributed by atoms with van der Waals surface area (Å²) in [6.45, 7) is 5.22. The number of methoxy groups -OCH3 is 1. The topological polar surface area (TPSA) is 56.2 Å². The van der Waals surface area contributed by atoms with E-state index in [1.807, 2.05) is 24.6 Å². The summed E-state index contributed by atoms with van der Waals surface area (Å²) in [5.74, 6) is 0.957. The number of hydrogen-bond donors (Lipinski definition) is 1. The van der Waals surface area contributed by atoms with E-state index in [9.17, 15) is 4.79 Å². The number of amides is 1. The molecule has 0 aromatic carbocycles. The second-order valence-electron chi connectivity index (χ2n) is 3.92. The normalized spacial score (nSPS) is 12.4. The van der Waals surface area contributed by atoms with Gasteiger partial charge in [0.05, 0.1) is 0 Å². The number of hydrogen-bond acceptors (Lipinski definition) is 3. The van der Waals surface area contributed by atoms with Crippen LogP contribution in [0.4, 0.5) is 0 Å². The molecule has 5 nitrogen and oxygen atoms in total. The maximum Gasteiger partial charge on any atom is 0.242 e. The molecule has 0 aliphatic heterocycles. The predicted octanol–water partition coefficient (Wildman–Crippen LogP) is 1.16. The summed E-state index contributed by atoms with van der Waals surface area (Å²) in [5.41, 5.74) is 0. The van der Waals surface area contributed by atoms with Gasteiger partial charge in [0.15, 0.2) is 0 Å². The summed E-state index contributed by atoms with van der Waals surface area (Å²) in [4.78, 5) is 16.1. The number of aromatic nitrogens is 2. The van der Waals surface area contributed by atoms with Crippen molar-refractivity contribution in [2.75, 3.05) is 20.3 Å². The second-order valence-corrected chi connectivity index (χ2v) is 3.92. The van der Waals surface area contributed by atoms with E-state index in [4.69, 9.17) is 4.74 Å². The molecule has 0 aliphatic carbocycles. The third kappa shape index (κ3) is 3.85. The largest absolute Gasteiger partial charge is 0.385 e. The zero-order chi connectivity index (χ0) is 12.7. The van der Waals surface area contributed by atoms with Crippen LogP contribution in [0.5, 0.6) is 0 Å². The van der Waals surface area contributed by atoms with Gasteiger partial charge in [-0.3, -0.25) is 4.79 Å². The highest BCUT2D eigenvalue weighted by molar-refractivity contribution is 5.79. The van der Waals surface area contributed by atoms with Gasteiger partial charge in [0.25, 0.3) is 0 Å². The summed E-state index contributed by atoms with van der Waals surface area (Å²) in [6, 6.07) is -0.213. The van der Waals surface area contributed by atoms with Crippen LogP contribution in [0.3, 0.4) is 0 Å². The molecule has 96 valence electrons. The van der Waals surface area contributed by atoms with Crippen LogP contribution in [0, 0.1) is 0 Å². The zero-order valence-corrected chi connectivity index (χ0v) is 10.8. The average Bonchev–Trinajstić information content (AvgIpc) is 2.81. The zero-order valence-electron chi connectivity index (χ0n) is 10.8. The molecule has 1 N–H and O–H groups in total. The Morgan fingerprint density at radius 3 is 3.06 bits per heavy atom. The molecule has 0 bridgehead atoms. The maximum absolute atomic E-state index is 11.9. The van der Waals surface area contributed by atoms with Crippen molar-refractivity contribution >= 4 is 5.91 Å². The van der Waals surface area contributed by atoms with E-state index in [-0.39, 0.29) is 11.9 Å². The first-order valence-corrected chi connectivity index (χ1v) is 5.99. The summed E-state index contributed by atoms with van der Waals surface area (Å²) >= 11 is 0. The van der Waals surface area contributed by atoms with Gasteiger partial charge in [0.2, 0.25) is 5.91 Å². The lowest BCUT2D eigenvalue weighted by Crippen LogP contribution is -2.32. The number of carbonyl (C=O) groups excluding carboxylic acids is 1. The fourth-order valence-corrected chi connectivity index (χ4v) is 1.67. The first-order chi connectivity index (χ1) is 8.20. The van der Waals surface area contributed by atoms with Crippen molar-refractivity contribution in [3.8, 4) is 0 Å². The maximum atomic E-state index is 11.9. The number of carbonyl (C=O) groups is 1. The highest BCUT2D eigenvalue weighted by Gasteiger charge is 2.16. The van der Waals surface area contributed by atoms with E-state index in [1.165, 1.54) is 0 Å². The molecule has 1 aromatic rings. The molecule has 1 rings (SSSR count). The van der Waals surface area contributed by atoms with Crippen LogP contribution in [0.2, 0.25) is 0 Å². The van der Waals surface area contributed by atoms with E-state index in [0.717, 1.165) is 18.7 Å². The van der Waals surface area contributed by atoms with Crippen molar-refractivity contribution in [3.63, 3.8) is 0 Å². The monoisotopic (exact) mass is 239 g/mol. The van der Waals surface area contributed by atoms with Crippen molar-refractivity contribution in [3.05, 3.63) is 18.2 Å². The Labute approximate surface area is 102 Å². The molecule has 1 heterocycles. The molecule has 1 unspecified atom stereocenters. The average molecular weight is 239 g/mol. The summed E-state index contributed by atoms with van der Waals surface area (Å²) in [7, 11) is 1.66. The molecule has 0 radical (unpaired) electrons. The Bertz CT molecular complexity index is 349. The summed E-state index contributed by atoms with van der Waals surface area (Å²) < 4.78 is 6.83. The van der Waals surface area contributed by atoms with Crippen LogP contribution in [0.15, 0.2) is 12.4 Å². The van der Waals surface area contributed by atoms with E-state index in [0.29, 0.717) is 13.2 Å². The van der Waals surface area contributed by atoms with Gasteiger partial charge in [-0.25, -0.2) is 4.98 Å². The standard InChI is InChI=1S/C12H21N3O2/c1-4-11-13-7-8-15(11)10(2)12(16)14-6-5-9-17-3/h7-8,10H,4-6,9H2,1-3H3,(H,14,16). The molecular weight excluding hydrogens is 218 g/mol. The Morgan fingerprint density at radius 2 is 2.41 bits per heavy atom. The lowest BCUT2D eigenvalue weighted by atomic mass is 10.3. The Balaban J connectivity index is 2.46. The van der Waals surface area contributed by atoms with Gasteiger partial charge in [0, 0.05) is 39.1 Å². The van der Waals surface area contributed by atoms with E-state index in [2.05, 4.69) is 10.3 Å². The fourth-order valence-electron chi connectivity index (χ4n) is 1.67. The fraction of sp³-hybridized carbons (Fsp3) is 0.667. The van der Waals surface area contributed by atoms with E-state index < -0.39 is 0 Å². The van der Waals surface area contributed by atoms with E-state index >= 15 is 0 Å². The Kier molecular flexibility index (Phi) is 5.69. The van der Waals surface area contributed by atoms with Crippen molar-refractivity contribution in [1.29, 1.82) is 0 Å². The Hall–Kier alpha value is -1.36. The molecule has 0 saturated carbocycles. The van der Waals surface area contributed by atoms with Crippen LogP contribution in [0.25, 0.3) is 0 Å². The first-order valence-electron chi connectivity index (χ1n) is 5.99. The molecule has 0 saturated heterocycles. The Morgan fingerprint density at radius 1 is 1.65 bits per heavy atom. The summed E-state index contributed by atoms with van der Waals surface area (Å²) in [5, 5.41) is 2.89. The third-order valence-electron chi connectivity index (χ3n) is 2.69. The highest BCUT2D eigenvalue weighted by atomic mass is 16.5. The molecule has 1 aromatic heterocycles. The summed E-state index contributed by atoms with van der Waals surface area (Å²) in [6.07, 6.45) is 5.24. The van der Waals surface area contributed by atoms with Gasteiger partial charge in [-0.1, -0.05) is 6.92 Å². The van der Waals surface area contributed by atoms with Crippen molar-refractivity contribution < 1.29 is 9.53 Å². The lowest BCUT2D eigenvalue weighted by Gasteiger charge is -2.15. The highest BCUT2D eigenvalue weighted by Crippen LogP contribution is 2.09. The smallest absolute Gasteiger partial charge is 0.242 e. The van der Waals surface area contributed by atoms with Crippen LogP contribution < -0.4 is 5.32 Å². The first kappa shape index (κ1) is 13.7. The molecule has 0 fully saturated rings. The minimum absolute atomic E-state index is 0.0220. The van der Waals surface area contributed by atoms with Crippen molar-refractivity contribution in [2.45, 2.75) is 32.7 Å². The number of imidazole rings is 1. The number of rotatable bonds is 7. The third-order valence-corrected chi connectivity index (χ3v) is 2.69. The second kappa shape index (κ2) is 7.06. The van der Waals surface area contributed by atoms with Gasteiger partial charge in [0.1, 0.15) is 11.9 Å².